The lowest BCUT2D eigenvalue weighted by molar-refractivity contribution is -0.138. The maximum absolute atomic E-state index is 10.5. The fraction of sp³-hybridized carbons (Fsp3) is 0.0952. The molecule has 1 aliphatic heterocycles. The van der Waals surface area contributed by atoms with Crippen LogP contribution in [0.2, 0.25) is 0 Å². The van der Waals surface area contributed by atoms with Gasteiger partial charge in [0.1, 0.15) is 0 Å². The summed E-state index contributed by atoms with van der Waals surface area (Å²) < 4.78 is 5.71. The third kappa shape index (κ3) is 3.98. The molecule has 4 heteroatoms. The van der Waals surface area contributed by atoms with Gasteiger partial charge in [-0.15, -0.1) is 0 Å². The Balaban J connectivity index is 0.000000151. The highest BCUT2D eigenvalue weighted by Crippen LogP contribution is 2.40. The van der Waals surface area contributed by atoms with Crippen molar-refractivity contribution in [2.45, 2.75) is 12.8 Å². The molecule has 1 unspecified atom stereocenters. The molecule has 0 amide bonds. The summed E-state index contributed by atoms with van der Waals surface area (Å²) >= 11 is 0. The molecule has 0 radical (unpaired) electrons. The maximum atomic E-state index is 10.5. The van der Waals surface area contributed by atoms with Crippen molar-refractivity contribution in [1.29, 1.82) is 0 Å². The molecule has 126 valence electrons. The molecule has 0 aliphatic carbocycles. The van der Waals surface area contributed by atoms with Crippen molar-refractivity contribution in [3.63, 3.8) is 0 Å². The van der Waals surface area contributed by atoms with Crippen molar-refractivity contribution in [3.8, 4) is 11.5 Å². The Morgan fingerprint density at radius 3 is 1.84 bits per heavy atom. The molecule has 4 nitrogen and oxygen atoms in total. The Morgan fingerprint density at radius 1 is 0.840 bits per heavy atom. The second-order valence-corrected chi connectivity index (χ2v) is 5.69. The predicted octanol–water partition coefficient (Wildman–Crippen LogP) is 5.41. The van der Waals surface area contributed by atoms with E-state index in [0.717, 1.165) is 28.4 Å². The average Bonchev–Trinajstić information content (AvgIpc) is 2.67. The molecule has 2 N–H and O–H groups in total. The van der Waals surface area contributed by atoms with Gasteiger partial charge in [0.05, 0.1) is 17.3 Å². The highest BCUT2D eigenvalue weighted by Gasteiger charge is 2.14. The van der Waals surface area contributed by atoms with Crippen molar-refractivity contribution in [2.24, 2.45) is 0 Å². The van der Waals surface area contributed by atoms with E-state index in [-0.39, 0.29) is 0 Å². The van der Waals surface area contributed by atoms with Gasteiger partial charge in [0.2, 0.25) is 0 Å². The Bertz CT molecular complexity index is 774. The summed E-state index contributed by atoms with van der Waals surface area (Å²) in [4.78, 5) is 10.5. The summed E-state index contributed by atoms with van der Waals surface area (Å²) in [6.45, 7) is 1.68. The van der Waals surface area contributed by atoms with Crippen LogP contribution in [0.1, 0.15) is 18.4 Å². The highest BCUT2D eigenvalue weighted by atomic mass is 16.5. The molecule has 3 aromatic rings. The lowest BCUT2D eigenvalue weighted by Crippen LogP contribution is -2.06. The summed E-state index contributed by atoms with van der Waals surface area (Å²) in [5.41, 5.74) is 2.89. The van der Waals surface area contributed by atoms with E-state index >= 15 is 0 Å². The minimum absolute atomic E-state index is 0.406. The number of hydrogen-bond acceptors (Lipinski definition) is 3. The number of rotatable bonds is 2. The van der Waals surface area contributed by atoms with Crippen LogP contribution in [0.3, 0.4) is 0 Å². The first-order valence-electron chi connectivity index (χ1n) is 8.06. The van der Waals surface area contributed by atoms with E-state index in [2.05, 4.69) is 5.32 Å². The number of aliphatic carboxylic acids is 1. The molecule has 0 saturated heterocycles. The topological polar surface area (TPSA) is 58.6 Å². The van der Waals surface area contributed by atoms with Gasteiger partial charge < -0.3 is 15.2 Å². The van der Waals surface area contributed by atoms with Crippen LogP contribution in [0.5, 0.6) is 11.5 Å². The lowest BCUT2D eigenvalue weighted by atomic mass is 10.0. The maximum Gasteiger partial charge on any atom is 0.310 e. The van der Waals surface area contributed by atoms with Crippen LogP contribution in [0.4, 0.5) is 11.4 Å². The van der Waals surface area contributed by atoms with Crippen LogP contribution < -0.4 is 10.1 Å². The van der Waals surface area contributed by atoms with Gasteiger partial charge in [0.15, 0.2) is 11.5 Å². The zero-order valence-corrected chi connectivity index (χ0v) is 13.8. The van der Waals surface area contributed by atoms with E-state index in [0.29, 0.717) is 0 Å². The Labute approximate surface area is 146 Å². The zero-order chi connectivity index (χ0) is 17.6. The van der Waals surface area contributed by atoms with Crippen LogP contribution >= 0.6 is 0 Å². The van der Waals surface area contributed by atoms with E-state index in [4.69, 9.17) is 9.84 Å². The molecule has 1 heterocycles. The second kappa shape index (κ2) is 7.53. The van der Waals surface area contributed by atoms with E-state index in [1.165, 1.54) is 0 Å². The molecule has 1 atom stereocenters. The van der Waals surface area contributed by atoms with Crippen LogP contribution in [-0.4, -0.2) is 11.1 Å². The molecule has 25 heavy (non-hydrogen) atoms. The highest BCUT2D eigenvalue weighted by molar-refractivity contribution is 5.75. The fourth-order valence-electron chi connectivity index (χ4n) is 2.47. The summed E-state index contributed by atoms with van der Waals surface area (Å²) in [5, 5.41) is 12.0. The zero-order valence-electron chi connectivity index (χ0n) is 13.8. The number of anilines is 2. The van der Waals surface area contributed by atoms with Crippen molar-refractivity contribution in [2.75, 3.05) is 5.32 Å². The average molecular weight is 333 g/mol. The molecule has 0 saturated carbocycles. The second-order valence-electron chi connectivity index (χ2n) is 5.69. The summed E-state index contributed by atoms with van der Waals surface area (Å²) in [6.07, 6.45) is 0. The Morgan fingerprint density at radius 2 is 1.32 bits per heavy atom. The van der Waals surface area contributed by atoms with Crippen molar-refractivity contribution in [3.05, 3.63) is 84.4 Å². The Kier molecular flexibility index (Phi) is 5.00. The number of carboxylic acid groups (broad SMARTS) is 1. The quantitative estimate of drug-likeness (QED) is 0.515. The molecule has 0 aromatic heterocycles. The van der Waals surface area contributed by atoms with Gasteiger partial charge in [0, 0.05) is 0 Å². The van der Waals surface area contributed by atoms with Gasteiger partial charge in [-0.25, -0.2) is 0 Å². The fourth-order valence-corrected chi connectivity index (χ4v) is 2.47. The van der Waals surface area contributed by atoms with Crippen LogP contribution in [-0.2, 0) is 4.79 Å². The predicted molar refractivity (Wildman–Crippen MR) is 98.7 cm³/mol. The minimum Gasteiger partial charge on any atom is -0.481 e. The number of para-hydroxylation sites is 4. The smallest absolute Gasteiger partial charge is 0.310 e. The van der Waals surface area contributed by atoms with Gasteiger partial charge in [0.25, 0.3) is 0 Å². The largest absolute Gasteiger partial charge is 0.481 e. The SMILES string of the molecule is CC(C(=O)O)c1ccccc1.c1ccc2c(c1)Nc1ccccc1O2. The molecule has 0 spiro atoms. The molecule has 0 bridgehead atoms. The molecule has 3 aromatic carbocycles. The monoisotopic (exact) mass is 333 g/mol. The molecule has 0 fully saturated rings. The van der Waals surface area contributed by atoms with Crippen molar-refractivity contribution < 1.29 is 14.6 Å². The number of nitrogens with one attached hydrogen (secondary N) is 1. The van der Waals surface area contributed by atoms with Gasteiger partial charge in [-0.3, -0.25) is 4.79 Å². The van der Waals surface area contributed by atoms with E-state index < -0.39 is 11.9 Å². The number of fused-ring (bicyclic) bond motifs is 2. The summed E-state index contributed by atoms with van der Waals surface area (Å²) in [7, 11) is 0. The first-order valence-corrected chi connectivity index (χ1v) is 8.06. The molecular formula is C21H19NO3. The van der Waals surface area contributed by atoms with Crippen LogP contribution in [0.25, 0.3) is 0 Å². The van der Waals surface area contributed by atoms with Gasteiger partial charge in [-0.2, -0.15) is 0 Å². The minimum atomic E-state index is -0.781. The lowest BCUT2D eigenvalue weighted by Gasteiger charge is -2.20. The van der Waals surface area contributed by atoms with E-state index in [9.17, 15) is 4.79 Å². The van der Waals surface area contributed by atoms with Gasteiger partial charge in [-0.05, 0) is 36.8 Å². The van der Waals surface area contributed by atoms with Crippen LogP contribution in [0.15, 0.2) is 78.9 Å². The number of carbonyl (C=O) groups is 1. The van der Waals surface area contributed by atoms with Crippen molar-refractivity contribution in [1.82, 2.24) is 0 Å². The number of hydrogen-bond donors (Lipinski definition) is 2. The van der Waals surface area contributed by atoms with E-state index in [1.54, 1.807) is 6.92 Å². The first kappa shape index (κ1) is 16.6. The Hall–Kier alpha value is -3.27. The molecular weight excluding hydrogens is 314 g/mol. The number of ether oxygens (including phenoxy) is 1. The van der Waals surface area contributed by atoms with Crippen LogP contribution in [0, 0.1) is 0 Å². The third-order valence-electron chi connectivity index (χ3n) is 3.93. The molecule has 1 aliphatic rings. The van der Waals surface area contributed by atoms with Crippen molar-refractivity contribution >= 4 is 17.3 Å². The summed E-state index contributed by atoms with van der Waals surface area (Å²) in [6, 6.07) is 25.0. The first-order chi connectivity index (χ1) is 12.1. The number of carboxylic acids is 1. The third-order valence-corrected chi connectivity index (χ3v) is 3.93. The van der Waals surface area contributed by atoms with Gasteiger partial charge >= 0.3 is 5.97 Å². The van der Waals surface area contributed by atoms with E-state index in [1.807, 2.05) is 78.9 Å². The van der Waals surface area contributed by atoms with Gasteiger partial charge in [-0.1, -0.05) is 54.6 Å². The standard InChI is InChI=1S/C12H9NO.C9H10O2/c1-3-7-11-9(5-1)13-10-6-2-4-8-12(10)14-11;1-7(9(10)11)8-5-3-2-4-6-8/h1-8,13H;2-7H,1H3,(H,10,11). The normalized spacial score (nSPS) is 12.2. The number of benzene rings is 3. The summed E-state index contributed by atoms with van der Waals surface area (Å²) in [5.74, 6) is 0.574. The molecule has 4 rings (SSSR count).